The Morgan fingerprint density at radius 2 is 1.92 bits per heavy atom. The molecule has 26 heavy (non-hydrogen) atoms. The third kappa shape index (κ3) is 6.06. The summed E-state index contributed by atoms with van der Waals surface area (Å²) < 4.78 is 5.55. The minimum Gasteiger partial charge on any atom is -0.479 e. The van der Waals surface area contributed by atoms with E-state index in [0.29, 0.717) is 18.2 Å². The van der Waals surface area contributed by atoms with Crippen molar-refractivity contribution in [2.24, 2.45) is 0 Å². The molecule has 0 aliphatic heterocycles. The van der Waals surface area contributed by atoms with Crippen molar-refractivity contribution >= 4 is 17.7 Å². The number of carboxylic acids is 1. The van der Waals surface area contributed by atoms with Gasteiger partial charge >= 0.3 is 12.0 Å². The van der Waals surface area contributed by atoms with E-state index in [1.165, 1.54) is 11.8 Å². The number of carbonyl (C=O) groups excluding carboxylic acids is 1. The fourth-order valence-electron chi connectivity index (χ4n) is 1.96. The van der Waals surface area contributed by atoms with Crippen LogP contribution in [0.25, 0.3) is 0 Å². The highest BCUT2D eigenvalue weighted by Crippen LogP contribution is 2.12. The largest absolute Gasteiger partial charge is 0.479 e. The number of aromatic nitrogens is 1. The van der Waals surface area contributed by atoms with Crippen molar-refractivity contribution in [2.45, 2.75) is 18.9 Å². The standard InChI is InChI=1S/C18H21N3O5/c1-18(25,16(22)23)12-20-17(24)21-14-7-8-15(19-11-14)26-10-9-13-5-3-2-4-6-13/h2-8,11,25H,9-10,12H2,1H3,(H,22,23)(H2,20,21,24). The topological polar surface area (TPSA) is 121 Å². The summed E-state index contributed by atoms with van der Waals surface area (Å²) in [6.07, 6.45) is 2.18. The summed E-state index contributed by atoms with van der Waals surface area (Å²) in [5, 5.41) is 23.1. The molecule has 0 spiro atoms. The summed E-state index contributed by atoms with van der Waals surface area (Å²) >= 11 is 0. The van der Waals surface area contributed by atoms with Gasteiger partial charge in [-0.2, -0.15) is 0 Å². The predicted octanol–water partition coefficient (Wildman–Crippen LogP) is 1.66. The Kier molecular flexibility index (Phi) is 6.51. The Labute approximate surface area is 150 Å². The number of carboxylic acid groups (broad SMARTS) is 1. The number of benzene rings is 1. The smallest absolute Gasteiger partial charge is 0.337 e. The molecule has 0 saturated carbocycles. The van der Waals surface area contributed by atoms with Gasteiger partial charge in [0.05, 0.1) is 25.0 Å². The van der Waals surface area contributed by atoms with E-state index in [1.54, 1.807) is 12.1 Å². The molecule has 1 unspecified atom stereocenters. The molecule has 1 aromatic heterocycles. The highest BCUT2D eigenvalue weighted by atomic mass is 16.5. The number of hydrogen-bond acceptors (Lipinski definition) is 5. The molecule has 1 aromatic carbocycles. The highest BCUT2D eigenvalue weighted by molar-refractivity contribution is 5.89. The summed E-state index contributed by atoms with van der Waals surface area (Å²) in [7, 11) is 0. The van der Waals surface area contributed by atoms with E-state index < -0.39 is 24.1 Å². The van der Waals surface area contributed by atoms with Gasteiger partial charge in [-0.1, -0.05) is 30.3 Å². The quantitative estimate of drug-likeness (QED) is 0.569. The lowest BCUT2D eigenvalue weighted by Gasteiger charge is -2.18. The number of hydrogen-bond donors (Lipinski definition) is 4. The van der Waals surface area contributed by atoms with E-state index in [1.807, 2.05) is 30.3 Å². The van der Waals surface area contributed by atoms with Gasteiger partial charge in [-0.3, -0.25) is 0 Å². The van der Waals surface area contributed by atoms with Gasteiger partial charge in [0.15, 0.2) is 5.60 Å². The van der Waals surface area contributed by atoms with Gasteiger partial charge in [-0.05, 0) is 18.6 Å². The van der Waals surface area contributed by atoms with Crippen molar-refractivity contribution in [1.29, 1.82) is 0 Å². The zero-order valence-corrected chi connectivity index (χ0v) is 14.3. The van der Waals surface area contributed by atoms with Crippen LogP contribution in [0, 0.1) is 0 Å². The second-order valence-corrected chi connectivity index (χ2v) is 5.86. The third-order valence-electron chi connectivity index (χ3n) is 3.53. The first-order valence-corrected chi connectivity index (χ1v) is 8.00. The molecule has 2 aromatic rings. The molecule has 0 aliphatic rings. The SMILES string of the molecule is CC(O)(CNC(=O)Nc1ccc(OCCc2ccccc2)nc1)C(=O)O. The van der Waals surface area contributed by atoms with Crippen LogP contribution in [0.4, 0.5) is 10.5 Å². The van der Waals surface area contributed by atoms with Crippen LogP contribution >= 0.6 is 0 Å². The van der Waals surface area contributed by atoms with E-state index in [2.05, 4.69) is 15.6 Å². The molecule has 4 N–H and O–H groups in total. The lowest BCUT2D eigenvalue weighted by atomic mass is 10.1. The number of nitrogens with one attached hydrogen (secondary N) is 2. The molecule has 0 bridgehead atoms. The van der Waals surface area contributed by atoms with Crippen LogP contribution in [-0.4, -0.2) is 46.0 Å². The van der Waals surface area contributed by atoms with Gasteiger partial charge in [0.1, 0.15) is 0 Å². The second-order valence-electron chi connectivity index (χ2n) is 5.86. The first-order valence-electron chi connectivity index (χ1n) is 8.00. The van der Waals surface area contributed by atoms with E-state index in [4.69, 9.17) is 9.84 Å². The van der Waals surface area contributed by atoms with Crippen LogP contribution in [0.3, 0.4) is 0 Å². The number of aliphatic carboxylic acids is 1. The van der Waals surface area contributed by atoms with Crippen LogP contribution in [0.15, 0.2) is 48.7 Å². The first kappa shape index (κ1) is 19.2. The summed E-state index contributed by atoms with van der Waals surface area (Å²) in [5.41, 5.74) is -0.459. The van der Waals surface area contributed by atoms with Crippen LogP contribution in [0.1, 0.15) is 12.5 Å². The molecule has 0 radical (unpaired) electrons. The Bertz CT molecular complexity index is 732. The van der Waals surface area contributed by atoms with Crippen molar-refractivity contribution < 1.29 is 24.5 Å². The van der Waals surface area contributed by atoms with Crippen molar-refractivity contribution in [3.8, 4) is 5.88 Å². The summed E-state index contributed by atoms with van der Waals surface area (Å²) in [6.45, 7) is 1.15. The monoisotopic (exact) mass is 359 g/mol. The van der Waals surface area contributed by atoms with Crippen LogP contribution in [-0.2, 0) is 11.2 Å². The highest BCUT2D eigenvalue weighted by Gasteiger charge is 2.30. The van der Waals surface area contributed by atoms with Gasteiger partial charge in [-0.15, -0.1) is 0 Å². The molecule has 0 fully saturated rings. The van der Waals surface area contributed by atoms with E-state index >= 15 is 0 Å². The fraction of sp³-hybridized carbons (Fsp3) is 0.278. The Morgan fingerprint density at radius 3 is 2.54 bits per heavy atom. The maximum atomic E-state index is 11.7. The van der Waals surface area contributed by atoms with Crippen molar-refractivity contribution in [1.82, 2.24) is 10.3 Å². The average molecular weight is 359 g/mol. The fourth-order valence-corrected chi connectivity index (χ4v) is 1.96. The van der Waals surface area contributed by atoms with Crippen LogP contribution in [0.2, 0.25) is 0 Å². The van der Waals surface area contributed by atoms with Gasteiger partial charge < -0.3 is 25.6 Å². The summed E-state index contributed by atoms with van der Waals surface area (Å²) in [5.74, 6) is -0.989. The molecular formula is C18H21N3O5. The first-order chi connectivity index (χ1) is 12.4. The molecule has 1 heterocycles. The molecule has 0 saturated heterocycles. The number of anilines is 1. The number of rotatable bonds is 8. The van der Waals surface area contributed by atoms with Gasteiger partial charge in [0, 0.05) is 12.5 Å². The lowest BCUT2D eigenvalue weighted by Crippen LogP contribution is -2.47. The van der Waals surface area contributed by atoms with Crippen molar-refractivity contribution in [3.63, 3.8) is 0 Å². The van der Waals surface area contributed by atoms with Gasteiger partial charge in [0.2, 0.25) is 5.88 Å². The van der Waals surface area contributed by atoms with Gasteiger partial charge in [0.25, 0.3) is 0 Å². The molecule has 2 rings (SSSR count). The van der Waals surface area contributed by atoms with Gasteiger partial charge in [-0.25, -0.2) is 14.6 Å². The number of nitrogens with zero attached hydrogens (tertiary/aromatic N) is 1. The number of urea groups is 1. The minimum absolute atomic E-state index is 0.410. The molecular weight excluding hydrogens is 338 g/mol. The second kappa shape index (κ2) is 8.82. The average Bonchev–Trinajstić information content (AvgIpc) is 2.62. The molecule has 0 aliphatic carbocycles. The lowest BCUT2D eigenvalue weighted by molar-refractivity contribution is -0.155. The predicted molar refractivity (Wildman–Crippen MR) is 95.2 cm³/mol. The molecule has 8 heteroatoms. The maximum absolute atomic E-state index is 11.7. The molecule has 138 valence electrons. The Hall–Kier alpha value is -3.13. The number of carbonyl (C=O) groups is 2. The number of pyridine rings is 1. The van der Waals surface area contributed by atoms with E-state index in [9.17, 15) is 14.7 Å². The summed E-state index contributed by atoms with van der Waals surface area (Å²) in [4.78, 5) is 26.6. The normalized spacial score (nSPS) is 12.7. The maximum Gasteiger partial charge on any atom is 0.337 e. The Morgan fingerprint density at radius 1 is 1.19 bits per heavy atom. The van der Waals surface area contributed by atoms with Crippen LogP contribution in [0.5, 0.6) is 5.88 Å². The molecule has 1 atom stereocenters. The molecule has 2 amide bonds. The minimum atomic E-state index is -2.04. The Balaban J connectivity index is 1.76. The zero-order valence-electron chi connectivity index (χ0n) is 14.3. The third-order valence-corrected chi connectivity index (χ3v) is 3.53. The summed E-state index contributed by atoms with van der Waals surface area (Å²) in [6, 6.07) is 12.5. The van der Waals surface area contributed by atoms with E-state index in [0.717, 1.165) is 13.3 Å². The number of amides is 2. The van der Waals surface area contributed by atoms with Crippen molar-refractivity contribution in [3.05, 3.63) is 54.2 Å². The van der Waals surface area contributed by atoms with E-state index in [-0.39, 0.29) is 0 Å². The van der Waals surface area contributed by atoms with Crippen LogP contribution < -0.4 is 15.4 Å². The number of aliphatic hydroxyl groups is 1. The van der Waals surface area contributed by atoms with Crippen molar-refractivity contribution in [2.75, 3.05) is 18.5 Å². The molecule has 8 nitrogen and oxygen atoms in total. The zero-order chi connectivity index (χ0) is 19.0. The number of ether oxygens (including phenoxy) is 1.